The van der Waals surface area contributed by atoms with Gasteiger partial charge in [-0.1, -0.05) is 26.2 Å². The van der Waals surface area contributed by atoms with Crippen molar-refractivity contribution in [3.63, 3.8) is 0 Å². The lowest BCUT2D eigenvalue weighted by atomic mass is 9.95. The molecule has 2 atom stereocenters. The van der Waals surface area contributed by atoms with Crippen molar-refractivity contribution in [3.05, 3.63) is 0 Å². The van der Waals surface area contributed by atoms with Gasteiger partial charge in [-0.2, -0.15) is 0 Å². The van der Waals surface area contributed by atoms with Gasteiger partial charge in [-0.15, -0.1) is 0 Å². The Balaban J connectivity index is 2.39. The average Bonchev–Trinajstić information content (AvgIpc) is 2.54. The van der Waals surface area contributed by atoms with Gasteiger partial charge in [0.25, 0.3) is 0 Å². The fourth-order valence-electron chi connectivity index (χ4n) is 2.21. The average molecular weight is 234 g/mol. The number of unbranched alkanes of at least 4 members (excludes halogenated alkanes) is 2. The van der Waals surface area contributed by atoms with Crippen LogP contribution >= 0.6 is 0 Å². The van der Waals surface area contributed by atoms with Crippen molar-refractivity contribution >= 4 is 9.84 Å². The largest absolute Gasteiger partial charge is 0.271 e. The number of hydrazine groups is 1. The highest BCUT2D eigenvalue weighted by atomic mass is 32.2. The van der Waals surface area contributed by atoms with Gasteiger partial charge < -0.3 is 0 Å². The second-order valence-corrected chi connectivity index (χ2v) is 6.66. The number of sulfone groups is 1. The van der Waals surface area contributed by atoms with Crippen molar-refractivity contribution in [2.45, 2.75) is 45.1 Å². The Morgan fingerprint density at radius 1 is 1.47 bits per heavy atom. The van der Waals surface area contributed by atoms with Crippen LogP contribution in [0.4, 0.5) is 0 Å². The van der Waals surface area contributed by atoms with Gasteiger partial charge in [0.1, 0.15) is 0 Å². The van der Waals surface area contributed by atoms with Gasteiger partial charge in [0, 0.05) is 6.04 Å². The molecule has 1 fully saturated rings. The molecule has 15 heavy (non-hydrogen) atoms. The maximum Gasteiger partial charge on any atom is 0.150 e. The van der Waals surface area contributed by atoms with Crippen molar-refractivity contribution in [3.8, 4) is 0 Å². The van der Waals surface area contributed by atoms with Gasteiger partial charge in [-0.3, -0.25) is 11.3 Å². The van der Waals surface area contributed by atoms with Gasteiger partial charge in [-0.25, -0.2) is 8.42 Å². The zero-order chi connectivity index (χ0) is 11.3. The predicted molar refractivity (Wildman–Crippen MR) is 62.0 cm³/mol. The Kier molecular flexibility index (Phi) is 5.02. The van der Waals surface area contributed by atoms with E-state index < -0.39 is 9.84 Å². The molecule has 0 bridgehead atoms. The summed E-state index contributed by atoms with van der Waals surface area (Å²) in [6.07, 6.45) is 5.26. The van der Waals surface area contributed by atoms with Gasteiger partial charge >= 0.3 is 0 Å². The van der Waals surface area contributed by atoms with E-state index in [-0.39, 0.29) is 12.0 Å². The molecule has 0 saturated carbocycles. The first kappa shape index (κ1) is 12.9. The summed E-state index contributed by atoms with van der Waals surface area (Å²) in [5.74, 6) is 6.35. The summed E-state index contributed by atoms with van der Waals surface area (Å²) < 4.78 is 22.6. The number of rotatable bonds is 6. The van der Waals surface area contributed by atoms with Crippen LogP contribution in [0.5, 0.6) is 0 Å². The zero-order valence-electron chi connectivity index (χ0n) is 9.41. The van der Waals surface area contributed by atoms with Crippen molar-refractivity contribution in [2.24, 2.45) is 11.8 Å². The molecule has 5 heteroatoms. The number of nitrogens with one attached hydrogen (secondary N) is 1. The minimum Gasteiger partial charge on any atom is -0.271 e. The Labute approximate surface area is 92.5 Å². The number of hydrogen-bond donors (Lipinski definition) is 2. The van der Waals surface area contributed by atoms with Crippen LogP contribution in [0.1, 0.15) is 39.0 Å². The minimum atomic E-state index is -2.78. The Morgan fingerprint density at radius 3 is 2.67 bits per heavy atom. The molecule has 0 aromatic rings. The minimum absolute atomic E-state index is 0.175. The molecule has 1 aliphatic heterocycles. The van der Waals surface area contributed by atoms with E-state index >= 15 is 0 Å². The lowest BCUT2D eigenvalue weighted by Crippen LogP contribution is -2.41. The van der Waals surface area contributed by atoms with Crippen LogP contribution in [0.3, 0.4) is 0 Å². The maximum absolute atomic E-state index is 11.3. The third-order valence-corrected chi connectivity index (χ3v) is 4.96. The fraction of sp³-hybridized carbons (Fsp3) is 1.00. The quantitative estimate of drug-likeness (QED) is 0.406. The SMILES string of the molecule is CCCCCC(NN)C1CCS(=O)(=O)C1. The molecule has 0 radical (unpaired) electrons. The van der Waals surface area contributed by atoms with Crippen molar-refractivity contribution in [1.29, 1.82) is 0 Å². The second kappa shape index (κ2) is 5.82. The van der Waals surface area contributed by atoms with E-state index in [0.29, 0.717) is 11.5 Å². The van der Waals surface area contributed by atoms with E-state index in [9.17, 15) is 8.42 Å². The molecule has 2 unspecified atom stereocenters. The van der Waals surface area contributed by atoms with E-state index in [0.717, 1.165) is 19.3 Å². The molecular formula is C10H22N2O2S. The fourth-order valence-corrected chi connectivity index (χ4v) is 4.09. The summed E-state index contributed by atoms with van der Waals surface area (Å²) >= 11 is 0. The molecule has 0 spiro atoms. The topological polar surface area (TPSA) is 72.2 Å². The van der Waals surface area contributed by atoms with Gasteiger partial charge in [-0.05, 0) is 18.8 Å². The van der Waals surface area contributed by atoms with E-state index in [1.165, 1.54) is 12.8 Å². The molecule has 1 heterocycles. The molecular weight excluding hydrogens is 212 g/mol. The van der Waals surface area contributed by atoms with Crippen LogP contribution in [0.15, 0.2) is 0 Å². The van der Waals surface area contributed by atoms with Crippen molar-refractivity contribution in [2.75, 3.05) is 11.5 Å². The molecule has 1 rings (SSSR count). The molecule has 1 aliphatic rings. The first-order chi connectivity index (χ1) is 7.09. The lowest BCUT2D eigenvalue weighted by molar-refractivity contribution is 0.356. The van der Waals surface area contributed by atoms with Gasteiger partial charge in [0.15, 0.2) is 9.84 Å². The summed E-state index contributed by atoms with van der Waals surface area (Å²) in [7, 11) is -2.78. The van der Waals surface area contributed by atoms with E-state index in [2.05, 4.69) is 12.3 Å². The van der Waals surface area contributed by atoms with Crippen LogP contribution in [0, 0.1) is 5.92 Å². The Hall–Kier alpha value is -0.130. The van der Waals surface area contributed by atoms with E-state index in [1.807, 2.05) is 0 Å². The first-order valence-electron chi connectivity index (χ1n) is 5.75. The highest BCUT2D eigenvalue weighted by Gasteiger charge is 2.32. The van der Waals surface area contributed by atoms with Crippen molar-refractivity contribution < 1.29 is 8.42 Å². The molecule has 0 amide bonds. The van der Waals surface area contributed by atoms with Crippen LogP contribution in [0.25, 0.3) is 0 Å². The van der Waals surface area contributed by atoms with Gasteiger partial charge in [0.2, 0.25) is 0 Å². The summed E-state index contributed by atoms with van der Waals surface area (Å²) in [4.78, 5) is 0. The third-order valence-electron chi connectivity index (χ3n) is 3.17. The lowest BCUT2D eigenvalue weighted by Gasteiger charge is -2.21. The highest BCUT2D eigenvalue weighted by molar-refractivity contribution is 7.91. The van der Waals surface area contributed by atoms with Crippen LogP contribution < -0.4 is 11.3 Å². The molecule has 0 aromatic heterocycles. The van der Waals surface area contributed by atoms with E-state index in [1.54, 1.807) is 0 Å². The Bertz CT molecular complexity index is 277. The van der Waals surface area contributed by atoms with Crippen LogP contribution in [-0.4, -0.2) is 26.0 Å². The summed E-state index contributed by atoms with van der Waals surface area (Å²) in [5, 5.41) is 0. The molecule has 0 aliphatic carbocycles. The first-order valence-corrected chi connectivity index (χ1v) is 7.57. The molecule has 3 N–H and O–H groups in total. The zero-order valence-corrected chi connectivity index (χ0v) is 10.2. The van der Waals surface area contributed by atoms with E-state index in [4.69, 9.17) is 5.84 Å². The highest BCUT2D eigenvalue weighted by Crippen LogP contribution is 2.24. The summed E-state index contributed by atoms with van der Waals surface area (Å²) in [6, 6.07) is 0.175. The van der Waals surface area contributed by atoms with Crippen LogP contribution in [0.2, 0.25) is 0 Å². The summed E-state index contributed by atoms with van der Waals surface area (Å²) in [5.41, 5.74) is 2.78. The molecule has 1 saturated heterocycles. The number of hydrogen-bond acceptors (Lipinski definition) is 4. The Morgan fingerprint density at radius 2 is 2.20 bits per heavy atom. The summed E-state index contributed by atoms with van der Waals surface area (Å²) in [6.45, 7) is 2.16. The predicted octanol–water partition coefficient (Wildman–Crippen LogP) is 0.833. The normalized spacial score (nSPS) is 26.7. The monoisotopic (exact) mass is 234 g/mol. The standard InChI is InChI=1S/C10H22N2O2S/c1-2-3-4-5-10(12-11)9-6-7-15(13,14)8-9/h9-10,12H,2-8,11H2,1H3. The van der Waals surface area contributed by atoms with Crippen LogP contribution in [-0.2, 0) is 9.84 Å². The third kappa shape index (κ3) is 4.09. The number of nitrogens with two attached hydrogens (primary N) is 1. The smallest absolute Gasteiger partial charge is 0.150 e. The molecule has 4 nitrogen and oxygen atoms in total. The molecule has 90 valence electrons. The maximum atomic E-state index is 11.3. The second-order valence-electron chi connectivity index (χ2n) is 4.43. The van der Waals surface area contributed by atoms with Crippen molar-refractivity contribution in [1.82, 2.24) is 5.43 Å². The van der Waals surface area contributed by atoms with Gasteiger partial charge in [0.05, 0.1) is 11.5 Å². The molecule has 0 aromatic carbocycles.